The second-order valence-corrected chi connectivity index (χ2v) is 7.17. The highest BCUT2D eigenvalue weighted by molar-refractivity contribution is 7.98. The van der Waals surface area contributed by atoms with E-state index in [1.54, 1.807) is 18.8 Å². The van der Waals surface area contributed by atoms with Gasteiger partial charge in [0, 0.05) is 24.4 Å². The SMILES string of the molecule is CSCCN(C)S(=O)(=O)c1ccc(Cl)c(CO)c1. The summed E-state index contributed by atoms with van der Waals surface area (Å²) < 4.78 is 25.7. The van der Waals surface area contributed by atoms with E-state index in [9.17, 15) is 8.42 Å². The predicted octanol–water partition coefficient (Wildman–Crippen LogP) is 1.82. The quantitative estimate of drug-likeness (QED) is 0.871. The van der Waals surface area contributed by atoms with E-state index in [1.807, 2.05) is 6.26 Å². The molecule has 0 heterocycles. The number of aliphatic hydroxyl groups excluding tert-OH is 1. The maximum Gasteiger partial charge on any atom is 0.242 e. The summed E-state index contributed by atoms with van der Waals surface area (Å²) in [5.41, 5.74) is 0.413. The van der Waals surface area contributed by atoms with Gasteiger partial charge in [-0.2, -0.15) is 11.8 Å². The van der Waals surface area contributed by atoms with Crippen LogP contribution in [-0.4, -0.2) is 43.4 Å². The summed E-state index contributed by atoms with van der Waals surface area (Å²) in [5, 5.41) is 9.46. The van der Waals surface area contributed by atoms with E-state index in [4.69, 9.17) is 16.7 Å². The number of sulfonamides is 1. The lowest BCUT2D eigenvalue weighted by Gasteiger charge is -2.17. The zero-order valence-corrected chi connectivity index (χ0v) is 12.6. The van der Waals surface area contributed by atoms with Crippen molar-refractivity contribution < 1.29 is 13.5 Å². The van der Waals surface area contributed by atoms with Crippen molar-refractivity contribution in [2.24, 2.45) is 0 Å². The smallest absolute Gasteiger partial charge is 0.242 e. The first-order chi connectivity index (χ1) is 8.43. The molecule has 0 atom stereocenters. The van der Waals surface area contributed by atoms with Crippen molar-refractivity contribution in [2.75, 3.05) is 25.6 Å². The fourth-order valence-corrected chi connectivity index (χ4v) is 3.32. The van der Waals surface area contributed by atoms with Crippen molar-refractivity contribution in [3.8, 4) is 0 Å². The fourth-order valence-electron chi connectivity index (χ4n) is 1.35. The third-order valence-electron chi connectivity index (χ3n) is 2.51. The van der Waals surface area contributed by atoms with E-state index in [0.717, 1.165) is 5.75 Å². The summed E-state index contributed by atoms with van der Waals surface area (Å²) in [6, 6.07) is 4.35. The van der Waals surface area contributed by atoms with Gasteiger partial charge in [-0.3, -0.25) is 0 Å². The predicted molar refractivity (Wildman–Crippen MR) is 75.6 cm³/mol. The van der Waals surface area contributed by atoms with Crippen LogP contribution in [-0.2, 0) is 16.6 Å². The second kappa shape index (κ2) is 6.77. The minimum Gasteiger partial charge on any atom is -0.392 e. The lowest BCUT2D eigenvalue weighted by atomic mass is 10.2. The molecule has 0 unspecified atom stereocenters. The molecule has 1 rings (SSSR count). The van der Waals surface area contributed by atoms with Gasteiger partial charge in [0.2, 0.25) is 10.0 Å². The van der Waals surface area contributed by atoms with Crippen molar-refractivity contribution in [2.45, 2.75) is 11.5 Å². The fraction of sp³-hybridized carbons (Fsp3) is 0.455. The van der Waals surface area contributed by atoms with E-state index in [2.05, 4.69) is 0 Å². The molecule has 0 aromatic heterocycles. The third-order valence-corrected chi connectivity index (χ3v) is 5.32. The molecule has 1 aromatic rings. The Hall–Kier alpha value is -0.270. The van der Waals surface area contributed by atoms with Crippen molar-refractivity contribution >= 4 is 33.4 Å². The van der Waals surface area contributed by atoms with Crippen LogP contribution in [0.2, 0.25) is 5.02 Å². The first-order valence-corrected chi connectivity index (χ1v) is 8.49. The number of rotatable bonds is 6. The van der Waals surface area contributed by atoms with E-state index in [1.165, 1.54) is 22.5 Å². The van der Waals surface area contributed by atoms with Gasteiger partial charge in [-0.1, -0.05) is 11.6 Å². The van der Waals surface area contributed by atoms with Crippen LogP contribution in [0.5, 0.6) is 0 Å². The number of benzene rings is 1. The highest BCUT2D eigenvalue weighted by atomic mass is 35.5. The molecule has 0 fully saturated rings. The molecule has 4 nitrogen and oxygen atoms in total. The maximum atomic E-state index is 12.2. The Bertz CT molecular complexity index is 505. The van der Waals surface area contributed by atoms with E-state index >= 15 is 0 Å². The molecule has 0 saturated heterocycles. The lowest BCUT2D eigenvalue weighted by molar-refractivity contribution is 0.281. The molecule has 1 aromatic carbocycles. The summed E-state index contributed by atoms with van der Waals surface area (Å²) in [6.45, 7) is 0.164. The Morgan fingerprint density at radius 2 is 2.11 bits per heavy atom. The van der Waals surface area contributed by atoms with Gasteiger partial charge in [-0.25, -0.2) is 12.7 Å². The number of nitrogens with zero attached hydrogens (tertiary/aromatic N) is 1. The van der Waals surface area contributed by atoms with Crippen molar-refractivity contribution in [1.82, 2.24) is 4.31 Å². The highest BCUT2D eigenvalue weighted by Gasteiger charge is 2.21. The van der Waals surface area contributed by atoms with Gasteiger partial charge in [0.25, 0.3) is 0 Å². The molecule has 0 saturated carbocycles. The zero-order chi connectivity index (χ0) is 13.8. The van der Waals surface area contributed by atoms with Crippen molar-refractivity contribution in [3.05, 3.63) is 28.8 Å². The summed E-state index contributed by atoms with van der Waals surface area (Å²) in [5.74, 6) is 0.732. The monoisotopic (exact) mass is 309 g/mol. The first kappa shape index (κ1) is 15.8. The van der Waals surface area contributed by atoms with E-state index in [-0.39, 0.29) is 11.5 Å². The largest absolute Gasteiger partial charge is 0.392 e. The van der Waals surface area contributed by atoms with Crippen LogP contribution in [0, 0.1) is 0 Å². The standard InChI is InChI=1S/C11H16ClNO3S2/c1-13(5-6-17-2)18(15,16)10-3-4-11(12)9(7-10)8-14/h3-4,7,14H,5-6,8H2,1-2H3. The van der Waals surface area contributed by atoms with Crippen LogP contribution in [0.4, 0.5) is 0 Å². The van der Waals surface area contributed by atoms with Crippen LogP contribution in [0.15, 0.2) is 23.1 Å². The number of hydrogen-bond acceptors (Lipinski definition) is 4. The van der Waals surface area contributed by atoms with Crippen LogP contribution in [0.1, 0.15) is 5.56 Å². The Labute approximate surface area is 117 Å². The Morgan fingerprint density at radius 3 is 2.67 bits per heavy atom. The summed E-state index contributed by atoms with van der Waals surface area (Å²) >= 11 is 7.42. The molecular formula is C11H16ClNO3S2. The van der Waals surface area contributed by atoms with Gasteiger partial charge >= 0.3 is 0 Å². The highest BCUT2D eigenvalue weighted by Crippen LogP contribution is 2.22. The molecule has 0 radical (unpaired) electrons. The molecule has 0 spiro atoms. The average Bonchev–Trinajstić information content (AvgIpc) is 2.36. The normalized spacial score (nSPS) is 12.1. The molecule has 0 aliphatic heterocycles. The molecule has 1 N–H and O–H groups in total. The van der Waals surface area contributed by atoms with Crippen molar-refractivity contribution in [3.63, 3.8) is 0 Å². The second-order valence-electron chi connectivity index (χ2n) is 3.73. The van der Waals surface area contributed by atoms with Crippen LogP contribution in [0.25, 0.3) is 0 Å². The van der Waals surface area contributed by atoms with E-state index < -0.39 is 10.0 Å². The van der Waals surface area contributed by atoms with Gasteiger partial charge in [0.15, 0.2) is 0 Å². The Morgan fingerprint density at radius 1 is 1.44 bits per heavy atom. The number of aliphatic hydroxyl groups is 1. The molecule has 102 valence electrons. The third kappa shape index (κ3) is 3.61. The summed E-state index contributed by atoms with van der Waals surface area (Å²) in [7, 11) is -1.97. The first-order valence-electron chi connectivity index (χ1n) is 5.28. The van der Waals surface area contributed by atoms with Gasteiger partial charge in [0.1, 0.15) is 0 Å². The Balaban J connectivity index is 3.05. The van der Waals surface area contributed by atoms with Gasteiger partial charge in [-0.15, -0.1) is 0 Å². The minimum absolute atomic E-state index is 0.152. The molecule has 0 aliphatic rings. The minimum atomic E-state index is -3.51. The summed E-state index contributed by atoms with van der Waals surface area (Å²) in [6.07, 6.45) is 1.92. The molecule has 0 aliphatic carbocycles. The molecular weight excluding hydrogens is 294 g/mol. The molecule has 7 heteroatoms. The zero-order valence-electron chi connectivity index (χ0n) is 10.3. The molecule has 0 bridgehead atoms. The molecule has 18 heavy (non-hydrogen) atoms. The number of halogens is 1. The van der Waals surface area contributed by atoms with Crippen LogP contribution in [0.3, 0.4) is 0 Å². The van der Waals surface area contributed by atoms with Crippen LogP contribution < -0.4 is 0 Å². The van der Waals surface area contributed by atoms with Gasteiger partial charge in [0.05, 0.1) is 11.5 Å². The average molecular weight is 310 g/mol. The van der Waals surface area contributed by atoms with Gasteiger partial charge in [-0.05, 0) is 30.0 Å². The summed E-state index contributed by atoms with van der Waals surface area (Å²) in [4.78, 5) is 0.152. The number of thioether (sulfide) groups is 1. The van der Waals surface area contributed by atoms with Crippen LogP contribution >= 0.6 is 23.4 Å². The lowest BCUT2D eigenvalue weighted by Crippen LogP contribution is -2.29. The maximum absolute atomic E-state index is 12.2. The number of hydrogen-bond donors (Lipinski definition) is 1. The topological polar surface area (TPSA) is 57.6 Å². The Kier molecular flexibility index (Phi) is 5.94. The van der Waals surface area contributed by atoms with Crippen molar-refractivity contribution in [1.29, 1.82) is 0 Å². The van der Waals surface area contributed by atoms with Gasteiger partial charge < -0.3 is 5.11 Å². The molecule has 0 amide bonds. The van der Waals surface area contributed by atoms with E-state index in [0.29, 0.717) is 17.1 Å².